The summed E-state index contributed by atoms with van der Waals surface area (Å²) in [6, 6.07) is 6.01. The Morgan fingerprint density at radius 2 is 2.37 bits per heavy atom. The van der Waals surface area contributed by atoms with Crippen molar-refractivity contribution in [3.8, 4) is 5.75 Å². The predicted octanol–water partition coefficient (Wildman–Crippen LogP) is 5.09. The highest BCUT2D eigenvalue weighted by Crippen LogP contribution is 2.36. The number of benzene rings is 1. The van der Waals surface area contributed by atoms with E-state index in [-0.39, 0.29) is 5.38 Å². The van der Waals surface area contributed by atoms with Gasteiger partial charge in [0, 0.05) is 16.6 Å². The van der Waals surface area contributed by atoms with Crippen molar-refractivity contribution in [2.75, 3.05) is 13.2 Å². The average molecular weight is 348 g/mol. The molecule has 2 nitrogen and oxygen atoms in total. The van der Waals surface area contributed by atoms with Gasteiger partial charge in [0.15, 0.2) is 0 Å². The van der Waals surface area contributed by atoms with Crippen molar-refractivity contribution in [1.29, 1.82) is 0 Å². The van der Waals surface area contributed by atoms with Crippen molar-refractivity contribution in [3.05, 3.63) is 28.2 Å². The van der Waals surface area contributed by atoms with E-state index in [4.69, 9.17) is 21.1 Å². The first-order valence-electron chi connectivity index (χ1n) is 6.88. The molecule has 1 fully saturated rings. The lowest BCUT2D eigenvalue weighted by atomic mass is 10.0. The van der Waals surface area contributed by atoms with E-state index in [0.29, 0.717) is 12.7 Å². The second-order valence-electron chi connectivity index (χ2n) is 4.80. The van der Waals surface area contributed by atoms with Crippen molar-refractivity contribution >= 4 is 27.5 Å². The summed E-state index contributed by atoms with van der Waals surface area (Å²) in [4.78, 5) is 0. The molecule has 0 amide bonds. The molecule has 2 unspecified atom stereocenters. The van der Waals surface area contributed by atoms with Crippen LogP contribution in [0.3, 0.4) is 0 Å². The number of hydrogen-bond donors (Lipinski definition) is 0. The second-order valence-corrected chi connectivity index (χ2v) is 6.24. The Balaban J connectivity index is 1.99. The van der Waals surface area contributed by atoms with E-state index >= 15 is 0 Å². The summed E-state index contributed by atoms with van der Waals surface area (Å²) in [5, 5.41) is -0.0248. The zero-order chi connectivity index (χ0) is 13.7. The van der Waals surface area contributed by atoms with Crippen LogP contribution in [0.15, 0.2) is 22.7 Å². The molecule has 1 heterocycles. The molecule has 2 rings (SSSR count). The lowest BCUT2D eigenvalue weighted by Gasteiger charge is -2.17. The van der Waals surface area contributed by atoms with Crippen LogP contribution >= 0.6 is 27.5 Å². The van der Waals surface area contributed by atoms with Crippen LogP contribution in [0, 0.1) is 0 Å². The van der Waals surface area contributed by atoms with Crippen molar-refractivity contribution in [2.45, 2.75) is 44.1 Å². The molecule has 0 N–H and O–H groups in total. The zero-order valence-corrected chi connectivity index (χ0v) is 13.5. The van der Waals surface area contributed by atoms with Crippen LogP contribution in [-0.2, 0) is 4.74 Å². The fraction of sp³-hybridized carbons (Fsp3) is 0.600. The van der Waals surface area contributed by atoms with Gasteiger partial charge in [-0.05, 0) is 50.8 Å². The van der Waals surface area contributed by atoms with Gasteiger partial charge in [0.1, 0.15) is 5.75 Å². The van der Waals surface area contributed by atoms with Crippen LogP contribution in [-0.4, -0.2) is 19.3 Å². The number of hydrogen-bond acceptors (Lipinski definition) is 2. The number of alkyl halides is 1. The standard InChI is InChI=1S/C15H20BrClO2/c1-2-18-15-8-5-11(16)10-13(15)14(17)7-6-12-4-3-9-19-12/h5,8,10,12,14H,2-4,6-7,9H2,1H3. The summed E-state index contributed by atoms with van der Waals surface area (Å²) >= 11 is 10.0. The van der Waals surface area contributed by atoms with E-state index in [9.17, 15) is 0 Å². The molecule has 0 radical (unpaired) electrons. The Hall–Kier alpha value is -0.250. The van der Waals surface area contributed by atoms with E-state index < -0.39 is 0 Å². The molecule has 1 aromatic carbocycles. The Bertz CT molecular complexity index is 405. The normalized spacial score (nSPS) is 20.5. The minimum absolute atomic E-state index is 0.0248. The van der Waals surface area contributed by atoms with E-state index in [2.05, 4.69) is 22.0 Å². The zero-order valence-electron chi connectivity index (χ0n) is 11.2. The van der Waals surface area contributed by atoms with Crippen LogP contribution < -0.4 is 4.74 Å². The second kappa shape index (κ2) is 7.51. The maximum Gasteiger partial charge on any atom is 0.124 e. The minimum Gasteiger partial charge on any atom is -0.494 e. The van der Waals surface area contributed by atoms with Crippen molar-refractivity contribution in [1.82, 2.24) is 0 Å². The molecule has 0 bridgehead atoms. The first-order valence-corrected chi connectivity index (χ1v) is 8.11. The van der Waals surface area contributed by atoms with Crippen molar-refractivity contribution < 1.29 is 9.47 Å². The summed E-state index contributed by atoms with van der Waals surface area (Å²) in [6.45, 7) is 3.55. The molecule has 106 valence electrons. The van der Waals surface area contributed by atoms with Gasteiger partial charge in [-0.25, -0.2) is 0 Å². The van der Waals surface area contributed by atoms with Gasteiger partial charge in [0.05, 0.1) is 18.1 Å². The lowest BCUT2D eigenvalue weighted by Crippen LogP contribution is -2.07. The van der Waals surface area contributed by atoms with E-state index in [1.165, 1.54) is 12.8 Å². The highest BCUT2D eigenvalue weighted by molar-refractivity contribution is 9.10. The van der Waals surface area contributed by atoms with Crippen molar-refractivity contribution in [3.63, 3.8) is 0 Å². The van der Waals surface area contributed by atoms with Crippen LogP contribution in [0.2, 0.25) is 0 Å². The molecule has 0 aliphatic carbocycles. The molecule has 19 heavy (non-hydrogen) atoms. The fourth-order valence-electron chi connectivity index (χ4n) is 2.41. The Labute approximate surface area is 128 Å². The lowest BCUT2D eigenvalue weighted by molar-refractivity contribution is 0.102. The Morgan fingerprint density at radius 1 is 1.53 bits per heavy atom. The number of rotatable bonds is 6. The van der Waals surface area contributed by atoms with Crippen LogP contribution in [0.4, 0.5) is 0 Å². The Morgan fingerprint density at radius 3 is 3.05 bits per heavy atom. The van der Waals surface area contributed by atoms with Gasteiger partial charge in [0.25, 0.3) is 0 Å². The summed E-state index contributed by atoms with van der Waals surface area (Å²) in [5.74, 6) is 0.887. The van der Waals surface area contributed by atoms with Gasteiger partial charge in [-0.3, -0.25) is 0 Å². The summed E-state index contributed by atoms with van der Waals surface area (Å²) in [7, 11) is 0. The molecule has 1 aliphatic rings. The predicted molar refractivity (Wildman–Crippen MR) is 82.1 cm³/mol. The first-order chi connectivity index (χ1) is 9.20. The number of halogens is 2. The van der Waals surface area contributed by atoms with Crippen LogP contribution in [0.25, 0.3) is 0 Å². The fourth-order valence-corrected chi connectivity index (χ4v) is 3.09. The summed E-state index contributed by atoms with van der Waals surface area (Å²) in [6.07, 6.45) is 4.68. The highest BCUT2D eigenvalue weighted by Gasteiger charge is 2.19. The molecule has 2 atom stereocenters. The van der Waals surface area contributed by atoms with Gasteiger partial charge < -0.3 is 9.47 Å². The molecule has 1 aromatic rings. The van der Waals surface area contributed by atoms with Crippen LogP contribution in [0.5, 0.6) is 5.75 Å². The third-order valence-electron chi connectivity index (χ3n) is 3.38. The highest BCUT2D eigenvalue weighted by atomic mass is 79.9. The van der Waals surface area contributed by atoms with Crippen LogP contribution in [0.1, 0.15) is 43.5 Å². The summed E-state index contributed by atoms with van der Waals surface area (Å²) < 4.78 is 12.3. The van der Waals surface area contributed by atoms with Gasteiger partial charge in [-0.1, -0.05) is 15.9 Å². The maximum absolute atomic E-state index is 6.54. The molecule has 0 aromatic heterocycles. The third-order valence-corrected chi connectivity index (χ3v) is 4.32. The monoisotopic (exact) mass is 346 g/mol. The molecule has 4 heteroatoms. The van der Waals surface area contributed by atoms with E-state index in [0.717, 1.165) is 35.2 Å². The van der Waals surface area contributed by atoms with E-state index in [1.807, 2.05) is 19.1 Å². The van der Waals surface area contributed by atoms with Crippen molar-refractivity contribution in [2.24, 2.45) is 0 Å². The average Bonchev–Trinajstić information content (AvgIpc) is 2.91. The largest absolute Gasteiger partial charge is 0.494 e. The van der Waals surface area contributed by atoms with E-state index in [1.54, 1.807) is 0 Å². The number of ether oxygens (including phenoxy) is 2. The molecular weight excluding hydrogens is 328 g/mol. The molecule has 1 aliphatic heterocycles. The van der Waals surface area contributed by atoms with Gasteiger partial charge in [-0.2, -0.15) is 0 Å². The SMILES string of the molecule is CCOc1ccc(Br)cc1C(Cl)CCC1CCCO1. The third kappa shape index (κ3) is 4.37. The summed E-state index contributed by atoms with van der Waals surface area (Å²) in [5.41, 5.74) is 1.07. The molecule has 1 saturated heterocycles. The van der Waals surface area contributed by atoms with Gasteiger partial charge in [-0.15, -0.1) is 11.6 Å². The van der Waals surface area contributed by atoms with Gasteiger partial charge >= 0.3 is 0 Å². The Kier molecular flexibility index (Phi) is 5.99. The maximum atomic E-state index is 6.54. The molecule has 0 saturated carbocycles. The quantitative estimate of drug-likeness (QED) is 0.668. The first kappa shape index (κ1) is 15.1. The molecule has 0 spiro atoms. The topological polar surface area (TPSA) is 18.5 Å². The smallest absolute Gasteiger partial charge is 0.124 e. The minimum atomic E-state index is -0.0248. The molecular formula is C15H20BrClO2. The van der Waals surface area contributed by atoms with Gasteiger partial charge in [0.2, 0.25) is 0 Å².